The Balaban J connectivity index is 1.50. The van der Waals surface area contributed by atoms with Gasteiger partial charge in [-0.1, -0.05) is 17.7 Å². The van der Waals surface area contributed by atoms with Crippen molar-refractivity contribution in [1.29, 1.82) is 0 Å². The normalized spacial score (nSPS) is 21.9. The van der Waals surface area contributed by atoms with Gasteiger partial charge >= 0.3 is 0 Å². The van der Waals surface area contributed by atoms with Crippen molar-refractivity contribution in [2.45, 2.75) is 44.6 Å². The van der Waals surface area contributed by atoms with E-state index in [1.807, 2.05) is 18.7 Å². The molecule has 7 heteroatoms. The number of rotatable bonds is 3. The molecular formula is C21H25ClN4O2. The van der Waals surface area contributed by atoms with Crippen LogP contribution >= 0.6 is 11.6 Å². The van der Waals surface area contributed by atoms with E-state index in [2.05, 4.69) is 27.4 Å². The summed E-state index contributed by atoms with van der Waals surface area (Å²) < 4.78 is 5.19. The molecule has 0 bridgehead atoms. The molecule has 0 aromatic carbocycles. The van der Waals surface area contributed by atoms with Gasteiger partial charge in [0.05, 0.1) is 23.6 Å². The van der Waals surface area contributed by atoms with Crippen molar-refractivity contribution >= 4 is 23.3 Å². The van der Waals surface area contributed by atoms with Crippen LogP contribution in [0.15, 0.2) is 24.4 Å². The molecule has 1 unspecified atom stereocenters. The van der Waals surface area contributed by atoms with Gasteiger partial charge < -0.3 is 15.0 Å². The van der Waals surface area contributed by atoms with E-state index in [9.17, 15) is 4.79 Å². The van der Waals surface area contributed by atoms with E-state index in [0.29, 0.717) is 17.4 Å². The Labute approximate surface area is 170 Å². The summed E-state index contributed by atoms with van der Waals surface area (Å²) in [5.41, 5.74) is 2.91. The number of fused-ring (bicyclic) bond motifs is 1. The van der Waals surface area contributed by atoms with Gasteiger partial charge in [-0.2, -0.15) is 0 Å². The molecule has 1 spiro atoms. The number of nitrogens with one attached hydrogen (secondary N) is 1. The number of halogens is 1. The first-order valence-corrected chi connectivity index (χ1v) is 10.0. The summed E-state index contributed by atoms with van der Waals surface area (Å²) in [4.78, 5) is 23.9. The van der Waals surface area contributed by atoms with Gasteiger partial charge in [0.25, 0.3) is 0 Å². The zero-order valence-electron chi connectivity index (χ0n) is 16.5. The average Bonchev–Trinajstić information content (AvgIpc) is 3.10. The highest BCUT2D eigenvalue weighted by Gasteiger charge is 2.43. The first kappa shape index (κ1) is 19.0. The van der Waals surface area contributed by atoms with E-state index < -0.39 is 0 Å². The molecule has 2 aromatic rings. The fourth-order valence-corrected chi connectivity index (χ4v) is 4.50. The molecule has 2 aromatic heterocycles. The van der Waals surface area contributed by atoms with Crippen molar-refractivity contribution in [2.75, 3.05) is 25.5 Å². The van der Waals surface area contributed by atoms with Gasteiger partial charge in [0.2, 0.25) is 11.8 Å². The molecule has 2 aliphatic rings. The number of hydrogen-bond acceptors (Lipinski definition) is 5. The third kappa shape index (κ3) is 3.41. The van der Waals surface area contributed by atoms with Crippen LogP contribution in [0.25, 0.3) is 0 Å². The Hall–Kier alpha value is -2.34. The quantitative estimate of drug-likeness (QED) is 0.852. The van der Waals surface area contributed by atoms with Crippen LogP contribution in [0, 0.1) is 6.92 Å². The highest BCUT2D eigenvalue weighted by Crippen LogP contribution is 2.37. The smallest absolute Gasteiger partial charge is 0.229 e. The summed E-state index contributed by atoms with van der Waals surface area (Å²) >= 11 is 6.30. The largest absolute Gasteiger partial charge is 0.481 e. The van der Waals surface area contributed by atoms with Crippen molar-refractivity contribution in [3.05, 3.63) is 46.2 Å². The third-order valence-corrected chi connectivity index (χ3v) is 6.26. The number of ether oxygens (including phenoxy) is 1. The summed E-state index contributed by atoms with van der Waals surface area (Å²) in [5.74, 6) is 1.16. The maximum atomic E-state index is 13.2. The zero-order valence-corrected chi connectivity index (χ0v) is 17.2. The molecule has 0 saturated carbocycles. The minimum atomic E-state index is -0.351. The lowest BCUT2D eigenvalue weighted by molar-refractivity contribution is -0.131. The second-order valence-electron chi connectivity index (χ2n) is 7.85. The van der Waals surface area contributed by atoms with Crippen LogP contribution in [0.1, 0.15) is 42.5 Å². The molecule has 28 heavy (non-hydrogen) atoms. The van der Waals surface area contributed by atoms with Crippen LogP contribution in [-0.4, -0.2) is 46.5 Å². The van der Waals surface area contributed by atoms with Crippen molar-refractivity contribution in [3.63, 3.8) is 0 Å². The Morgan fingerprint density at radius 2 is 2.21 bits per heavy atom. The van der Waals surface area contributed by atoms with Crippen molar-refractivity contribution in [3.8, 4) is 5.88 Å². The molecule has 2 atom stereocenters. The average molecular weight is 401 g/mol. The molecule has 2 aliphatic heterocycles. The molecule has 0 aliphatic carbocycles. The van der Waals surface area contributed by atoms with Crippen LogP contribution in [0.3, 0.4) is 0 Å². The molecule has 4 rings (SSSR count). The maximum absolute atomic E-state index is 13.2. The minimum Gasteiger partial charge on any atom is -0.481 e. The fourth-order valence-electron chi connectivity index (χ4n) is 4.23. The molecule has 6 nitrogen and oxygen atoms in total. The van der Waals surface area contributed by atoms with Crippen LogP contribution in [0.4, 0.5) is 5.82 Å². The predicted octanol–water partition coefficient (Wildman–Crippen LogP) is 3.58. The summed E-state index contributed by atoms with van der Waals surface area (Å²) in [6.07, 6.45) is 4.46. The van der Waals surface area contributed by atoms with E-state index in [1.54, 1.807) is 19.4 Å². The highest BCUT2D eigenvalue weighted by atomic mass is 35.5. The number of carbonyl (C=O) groups is 1. The van der Waals surface area contributed by atoms with Gasteiger partial charge in [0, 0.05) is 31.0 Å². The second kappa shape index (κ2) is 7.24. The molecule has 1 N–H and O–H groups in total. The maximum Gasteiger partial charge on any atom is 0.229 e. The standard InChI is InChI=1S/C21H25ClN4O2/c1-13-4-5-15-6-7-21(25-19(15)24-13)8-9-26(12-21)20(27)14(2)16-10-18(28-3)23-11-17(16)22/h4-5,10-11,14H,6-9,12H2,1-3H3,(H,24,25)/t14-,21?/m1/s1. The predicted molar refractivity (Wildman–Crippen MR) is 109 cm³/mol. The first-order valence-electron chi connectivity index (χ1n) is 9.64. The lowest BCUT2D eigenvalue weighted by Crippen LogP contribution is -2.46. The van der Waals surface area contributed by atoms with Crippen LogP contribution in [-0.2, 0) is 11.2 Å². The molecule has 1 saturated heterocycles. The number of anilines is 1. The summed E-state index contributed by atoms with van der Waals surface area (Å²) in [7, 11) is 1.55. The molecule has 0 radical (unpaired) electrons. The number of aryl methyl sites for hydroxylation is 2. The molecule has 4 heterocycles. The number of likely N-dealkylation sites (tertiary alicyclic amines) is 1. The summed E-state index contributed by atoms with van der Waals surface area (Å²) in [6.45, 7) is 5.31. The van der Waals surface area contributed by atoms with Gasteiger partial charge in [0.15, 0.2) is 0 Å². The zero-order chi connectivity index (χ0) is 19.9. The van der Waals surface area contributed by atoms with Gasteiger partial charge in [0.1, 0.15) is 5.82 Å². The van der Waals surface area contributed by atoms with Gasteiger partial charge in [-0.05, 0) is 50.3 Å². The van der Waals surface area contributed by atoms with Crippen molar-refractivity contribution in [2.24, 2.45) is 0 Å². The van der Waals surface area contributed by atoms with E-state index in [1.165, 1.54) is 5.56 Å². The number of pyridine rings is 2. The lowest BCUT2D eigenvalue weighted by Gasteiger charge is -2.36. The van der Waals surface area contributed by atoms with E-state index in [0.717, 1.165) is 42.9 Å². The van der Waals surface area contributed by atoms with Crippen molar-refractivity contribution in [1.82, 2.24) is 14.9 Å². The Morgan fingerprint density at radius 3 is 3.00 bits per heavy atom. The van der Waals surface area contributed by atoms with E-state index >= 15 is 0 Å². The van der Waals surface area contributed by atoms with Crippen LogP contribution in [0.5, 0.6) is 5.88 Å². The number of amides is 1. The molecule has 1 amide bonds. The lowest BCUT2D eigenvalue weighted by atomic mass is 9.86. The molecule has 1 fully saturated rings. The summed E-state index contributed by atoms with van der Waals surface area (Å²) in [6, 6.07) is 5.95. The molecular weight excluding hydrogens is 376 g/mol. The van der Waals surface area contributed by atoms with Crippen molar-refractivity contribution < 1.29 is 9.53 Å². The van der Waals surface area contributed by atoms with E-state index in [-0.39, 0.29) is 17.4 Å². The highest BCUT2D eigenvalue weighted by molar-refractivity contribution is 6.31. The first-order chi connectivity index (χ1) is 13.4. The Bertz CT molecular complexity index is 919. The second-order valence-corrected chi connectivity index (χ2v) is 8.25. The number of aromatic nitrogens is 2. The van der Waals surface area contributed by atoms with E-state index in [4.69, 9.17) is 16.3 Å². The van der Waals surface area contributed by atoms with Gasteiger partial charge in [-0.3, -0.25) is 4.79 Å². The number of methoxy groups -OCH3 is 1. The SMILES string of the molecule is COc1cc([C@@H](C)C(=O)N2CCC3(CCc4ccc(C)nc4N3)C2)c(Cl)cn1. The number of hydrogen-bond donors (Lipinski definition) is 1. The molecule has 148 valence electrons. The van der Waals surface area contributed by atoms with Gasteiger partial charge in [-0.25, -0.2) is 9.97 Å². The summed E-state index contributed by atoms with van der Waals surface area (Å²) in [5, 5.41) is 4.13. The topological polar surface area (TPSA) is 67.3 Å². The van der Waals surface area contributed by atoms with Gasteiger partial charge in [-0.15, -0.1) is 0 Å². The van der Waals surface area contributed by atoms with Crippen LogP contribution in [0.2, 0.25) is 5.02 Å². The number of carbonyl (C=O) groups excluding carboxylic acids is 1. The Morgan fingerprint density at radius 1 is 1.39 bits per heavy atom. The fraction of sp³-hybridized carbons (Fsp3) is 0.476. The number of nitrogens with zero attached hydrogens (tertiary/aromatic N) is 3. The van der Waals surface area contributed by atoms with Crippen LogP contribution < -0.4 is 10.1 Å². The third-order valence-electron chi connectivity index (χ3n) is 5.95. The monoisotopic (exact) mass is 400 g/mol. The minimum absolute atomic E-state index is 0.0804. The Kier molecular flexibility index (Phi) is 4.91.